The van der Waals surface area contributed by atoms with Crippen molar-refractivity contribution in [1.82, 2.24) is 9.55 Å². The summed E-state index contributed by atoms with van der Waals surface area (Å²) in [5.74, 6) is 0.296. The summed E-state index contributed by atoms with van der Waals surface area (Å²) < 4.78 is 2.01. The predicted octanol–water partition coefficient (Wildman–Crippen LogP) is 3.96. The van der Waals surface area contributed by atoms with Gasteiger partial charge in [0.2, 0.25) is 0 Å². The van der Waals surface area contributed by atoms with Gasteiger partial charge in [-0.25, -0.2) is 4.98 Å². The quantitative estimate of drug-likeness (QED) is 0.696. The van der Waals surface area contributed by atoms with Crippen molar-refractivity contribution in [3.05, 3.63) is 58.9 Å². The van der Waals surface area contributed by atoms with E-state index in [4.69, 9.17) is 10.1 Å². The molecule has 140 valence electrons. The highest BCUT2D eigenvalue weighted by Gasteiger charge is 2.13. The number of benzene rings is 1. The van der Waals surface area contributed by atoms with Crippen LogP contribution in [0.1, 0.15) is 35.2 Å². The van der Waals surface area contributed by atoms with Gasteiger partial charge in [-0.05, 0) is 72.9 Å². The Kier molecular flexibility index (Phi) is 4.84. The molecule has 0 aliphatic carbocycles. The molecule has 1 aromatic carbocycles. The molecule has 0 atom stereocenters. The van der Waals surface area contributed by atoms with E-state index in [9.17, 15) is 4.79 Å². The van der Waals surface area contributed by atoms with Crippen LogP contribution >= 0.6 is 0 Å². The van der Waals surface area contributed by atoms with E-state index in [0.29, 0.717) is 6.54 Å². The third kappa shape index (κ3) is 3.82. The molecule has 0 fully saturated rings. The van der Waals surface area contributed by atoms with E-state index in [1.54, 1.807) is 0 Å². The van der Waals surface area contributed by atoms with E-state index in [2.05, 4.69) is 42.6 Å². The van der Waals surface area contributed by atoms with Crippen LogP contribution in [0.15, 0.2) is 36.5 Å². The van der Waals surface area contributed by atoms with Gasteiger partial charge in [0, 0.05) is 30.5 Å². The number of nitrogens with zero attached hydrogens (tertiary/aromatic N) is 2. The maximum atomic E-state index is 10.8. The number of carboxylic acid groups (broad SMARTS) is 1. The standard InChI is InChI=1S/C22H25N3O2/c1-15-17(14-19-3-2-10-23-22(19)24-15)6-4-16-5-7-20-18(13-16)8-11-25(20)12-9-21(26)27/h5,7-8,11,13-14H,2-4,6,9-10,12H2,1H3,(H,23,24)(H,26,27). The molecule has 4 rings (SSSR count). The SMILES string of the molecule is Cc1nc2c(cc1CCc1ccc3c(ccn3CCC(=O)O)c1)CCCN2. The molecule has 3 heterocycles. The number of carbonyl (C=O) groups is 1. The zero-order chi connectivity index (χ0) is 18.8. The van der Waals surface area contributed by atoms with Gasteiger partial charge in [0.15, 0.2) is 0 Å². The van der Waals surface area contributed by atoms with E-state index < -0.39 is 5.97 Å². The molecule has 0 amide bonds. The molecular formula is C22H25N3O2. The molecule has 2 aromatic heterocycles. The third-order valence-corrected chi connectivity index (χ3v) is 5.40. The van der Waals surface area contributed by atoms with E-state index in [1.165, 1.54) is 28.5 Å². The number of aliphatic carboxylic acids is 1. The molecule has 1 aliphatic heterocycles. The zero-order valence-electron chi connectivity index (χ0n) is 15.7. The van der Waals surface area contributed by atoms with Crippen LogP contribution in [0.2, 0.25) is 0 Å². The number of pyridine rings is 1. The van der Waals surface area contributed by atoms with Crippen molar-refractivity contribution < 1.29 is 9.90 Å². The summed E-state index contributed by atoms with van der Waals surface area (Å²) in [5.41, 5.74) is 6.18. The van der Waals surface area contributed by atoms with Gasteiger partial charge in [0.05, 0.1) is 6.42 Å². The summed E-state index contributed by atoms with van der Waals surface area (Å²) >= 11 is 0. The summed E-state index contributed by atoms with van der Waals surface area (Å²) in [6, 6.07) is 10.9. The minimum absolute atomic E-state index is 0.144. The van der Waals surface area contributed by atoms with Gasteiger partial charge in [0.1, 0.15) is 5.82 Å². The van der Waals surface area contributed by atoms with Gasteiger partial charge in [0.25, 0.3) is 0 Å². The van der Waals surface area contributed by atoms with Crippen LogP contribution in [0.25, 0.3) is 10.9 Å². The topological polar surface area (TPSA) is 67.2 Å². The van der Waals surface area contributed by atoms with Crippen LogP contribution in [0.5, 0.6) is 0 Å². The van der Waals surface area contributed by atoms with E-state index in [1.807, 2.05) is 10.8 Å². The summed E-state index contributed by atoms with van der Waals surface area (Å²) in [7, 11) is 0. The van der Waals surface area contributed by atoms with Gasteiger partial charge < -0.3 is 15.0 Å². The van der Waals surface area contributed by atoms with Crippen molar-refractivity contribution in [2.45, 2.75) is 45.6 Å². The molecule has 0 saturated heterocycles. The fourth-order valence-corrected chi connectivity index (χ4v) is 3.87. The van der Waals surface area contributed by atoms with Crippen molar-refractivity contribution in [1.29, 1.82) is 0 Å². The first-order valence-electron chi connectivity index (χ1n) is 9.63. The maximum Gasteiger partial charge on any atom is 0.305 e. The minimum atomic E-state index is -0.766. The molecule has 5 nitrogen and oxygen atoms in total. The largest absolute Gasteiger partial charge is 0.481 e. The van der Waals surface area contributed by atoms with Gasteiger partial charge in [-0.15, -0.1) is 0 Å². The Hall–Kier alpha value is -2.82. The molecule has 3 aromatic rings. The third-order valence-electron chi connectivity index (χ3n) is 5.40. The Bertz CT molecular complexity index is 991. The Morgan fingerprint density at radius 3 is 3.00 bits per heavy atom. The van der Waals surface area contributed by atoms with Crippen LogP contribution in [0, 0.1) is 6.92 Å². The maximum absolute atomic E-state index is 10.8. The average Bonchev–Trinajstić information content (AvgIpc) is 3.07. The average molecular weight is 363 g/mol. The monoisotopic (exact) mass is 363 g/mol. The van der Waals surface area contributed by atoms with E-state index in [-0.39, 0.29) is 6.42 Å². The second kappa shape index (κ2) is 7.43. The fourth-order valence-electron chi connectivity index (χ4n) is 3.87. The second-order valence-electron chi connectivity index (χ2n) is 7.32. The number of nitrogens with one attached hydrogen (secondary N) is 1. The number of aromatic nitrogens is 2. The van der Waals surface area contributed by atoms with Gasteiger partial charge in [-0.1, -0.05) is 12.1 Å². The Labute approximate surface area is 159 Å². The number of fused-ring (bicyclic) bond motifs is 2. The Balaban J connectivity index is 1.48. The van der Waals surface area contributed by atoms with Crippen molar-refractivity contribution >= 4 is 22.7 Å². The molecule has 0 bridgehead atoms. The number of hydrogen-bond acceptors (Lipinski definition) is 3. The van der Waals surface area contributed by atoms with Crippen molar-refractivity contribution in [2.24, 2.45) is 0 Å². The van der Waals surface area contributed by atoms with E-state index in [0.717, 1.165) is 42.8 Å². The van der Waals surface area contributed by atoms with Crippen LogP contribution in [-0.4, -0.2) is 27.2 Å². The first kappa shape index (κ1) is 17.6. The van der Waals surface area contributed by atoms with Gasteiger partial charge in [-0.3, -0.25) is 4.79 Å². The summed E-state index contributed by atoms with van der Waals surface area (Å²) in [5, 5.41) is 13.4. The lowest BCUT2D eigenvalue weighted by molar-refractivity contribution is -0.137. The number of rotatable bonds is 6. The van der Waals surface area contributed by atoms with Gasteiger partial charge in [-0.2, -0.15) is 0 Å². The van der Waals surface area contributed by atoms with Crippen molar-refractivity contribution in [3.8, 4) is 0 Å². The van der Waals surface area contributed by atoms with Crippen LogP contribution in [0.4, 0.5) is 5.82 Å². The number of aryl methyl sites for hydroxylation is 5. The highest BCUT2D eigenvalue weighted by Crippen LogP contribution is 2.24. The molecule has 27 heavy (non-hydrogen) atoms. The minimum Gasteiger partial charge on any atom is -0.481 e. The molecule has 0 saturated carbocycles. The smallest absolute Gasteiger partial charge is 0.305 e. The Morgan fingerprint density at radius 1 is 1.26 bits per heavy atom. The summed E-state index contributed by atoms with van der Waals surface area (Å²) in [4.78, 5) is 15.6. The molecule has 2 N–H and O–H groups in total. The first-order chi connectivity index (χ1) is 13.1. The van der Waals surface area contributed by atoms with Gasteiger partial charge >= 0.3 is 5.97 Å². The lowest BCUT2D eigenvalue weighted by atomic mass is 9.98. The van der Waals surface area contributed by atoms with Crippen LogP contribution in [0.3, 0.4) is 0 Å². The number of carboxylic acids is 1. The summed E-state index contributed by atoms with van der Waals surface area (Å²) in [6.07, 6.45) is 6.36. The highest BCUT2D eigenvalue weighted by molar-refractivity contribution is 5.81. The predicted molar refractivity (Wildman–Crippen MR) is 107 cm³/mol. The molecular weight excluding hydrogens is 338 g/mol. The fraction of sp³-hybridized carbons (Fsp3) is 0.364. The number of hydrogen-bond donors (Lipinski definition) is 2. The molecule has 1 aliphatic rings. The first-order valence-corrected chi connectivity index (χ1v) is 9.63. The molecule has 0 unspecified atom stereocenters. The van der Waals surface area contributed by atoms with Crippen LogP contribution < -0.4 is 5.32 Å². The lowest BCUT2D eigenvalue weighted by Gasteiger charge is -2.19. The Morgan fingerprint density at radius 2 is 2.15 bits per heavy atom. The van der Waals surface area contributed by atoms with Crippen molar-refractivity contribution in [2.75, 3.05) is 11.9 Å². The van der Waals surface area contributed by atoms with Crippen LogP contribution in [-0.2, 0) is 30.6 Å². The zero-order valence-corrected chi connectivity index (χ0v) is 15.7. The van der Waals surface area contributed by atoms with E-state index >= 15 is 0 Å². The molecule has 0 spiro atoms. The number of anilines is 1. The molecule has 5 heteroatoms. The lowest BCUT2D eigenvalue weighted by Crippen LogP contribution is -2.15. The normalized spacial score (nSPS) is 13.4. The second-order valence-corrected chi connectivity index (χ2v) is 7.32. The summed E-state index contributed by atoms with van der Waals surface area (Å²) in [6.45, 7) is 3.62. The van der Waals surface area contributed by atoms with Crippen molar-refractivity contribution in [3.63, 3.8) is 0 Å². The molecule has 0 radical (unpaired) electrons. The highest BCUT2D eigenvalue weighted by atomic mass is 16.4.